The molecule has 3 aromatic rings. The highest BCUT2D eigenvalue weighted by atomic mass is 35.5. The lowest BCUT2D eigenvalue weighted by Gasteiger charge is -2.26. The second kappa shape index (κ2) is 8.50. The van der Waals surface area contributed by atoms with Crippen molar-refractivity contribution in [2.75, 3.05) is 0 Å². The molecule has 1 saturated carbocycles. The van der Waals surface area contributed by atoms with Crippen molar-refractivity contribution in [1.29, 1.82) is 5.41 Å². The predicted octanol–water partition coefficient (Wildman–Crippen LogP) is 4.88. The standard InChI is InChI=1S/C23H23ClFN5/c24-15-3-6-19(25)17(10-15)23(28)18(11-26)20-7-8-21-22(30-20)9-14(12-29-21)13-1-4-16(27)5-2-13/h3,6-13,16,26H,1-2,4-5,27-28H2. The molecule has 1 fully saturated rings. The number of hydrogen-bond acceptors (Lipinski definition) is 5. The summed E-state index contributed by atoms with van der Waals surface area (Å²) in [5.41, 5.74) is 15.9. The first-order valence-corrected chi connectivity index (χ1v) is 10.3. The number of nitrogens with two attached hydrogens (primary N) is 2. The van der Waals surface area contributed by atoms with E-state index in [2.05, 4.69) is 9.97 Å². The third kappa shape index (κ3) is 4.06. The Balaban J connectivity index is 1.75. The van der Waals surface area contributed by atoms with Gasteiger partial charge in [0.1, 0.15) is 5.82 Å². The molecule has 5 nitrogen and oxygen atoms in total. The monoisotopic (exact) mass is 423 g/mol. The summed E-state index contributed by atoms with van der Waals surface area (Å²) in [6.45, 7) is 0. The number of nitrogens with zero attached hydrogens (tertiary/aromatic N) is 2. The van der Waals surface area contributed by atoms with Crippen LogP contribution in [0.2, 0.25) is 5.02 Å². The summed E-state index contributed by atoms with van der Waals surface area (Å²) >= 11 is 6.00. The molecule has 4 rings (SSSR count). The molecule has 2 heterocycles. The molecular formula is C23H23ClFN5. The number of halogens is 2. The van der Waals surface area contributed by atoms with Crippen LogP contribution in [0.5, 0.6) is 0 Å². The molecule has 1 aliphatic carbocycles. The van der Waals surface area contributed by atoms with Crippen LogP contribution in [-0.4, -0.2) is 22.2 Å². The molecule has 1 aromatic carbocycles. The lowest BCUT2D eigenvalue weighted by Crippen LogP contribution is -2.25. The van der Waals surface area contributed by atoms with Gasteiger partial charge >= 0.3 is 0 Å². The molecule has 0 atom stereocenters. The first-order chi connectivity index (χ1) is 14.5. The fourth-order valence-electron chi connectivity index (χ4n) is 3.99. The van der Waals surface area contributed by atoms with Crippen molar-refractivity contribution in [2.45, 2.75) is 37.6 Å². The lowest BCUT2D eigenvalue weighted by atomic mass is 9.82. The SMILES string of the molecule is N=CC(=C(N)c1cc(Cl)ccc1F)c1ccc2ncc(C3CCC(N)CC3)cc2n1. The van der Waals surface area contributed by atoms with E-state index in [1.54, 1.807) is 6.07 Å². The van der Waals surface area contributed by atoms with E-state index < -0.39 is 5.82 Å². The Morgan fingerprint density at radius 2 is 1.87 bits per heavy atom. The second-order valence-corrected chi connectivity index (χ2v) is 8.15. The fraction of sp³-hybridized carbons (Fsp3) is 0.261. The zero-order valence-corrected chi connectivity index (χ0v) is 17.2. The van der Waals surface area contributed by atoms with Gasteiger partial charge in [-0.05, 0) is 73.6 Å². The first-order valence-electron chi connectivity index (χ1n) is 9.94. The summed E-state index contributed by atoms with van der Waals surface area (Å²) in [6, 6.07) is 10.1. The van der Waals surface area contributed by atoms with Crippen molar-refractivity contribution in [3.05, 3.63) is 70.3 Å². The highest BCUT2D eigenvalue weighted by molar-refractivity contribution is 6.31. The Morgan fingerprint density at radius 3 is 2.60 bits per heavy atom. The summed E-state index contributed by atoms with van der Waals surface area (Å²) in [5, 5.41) is 8.21. The van der Waals surface area contributed by atoms with Gasteiger partial charge in [0.25, 0.3) is 0 Å². The Bertz CT molecular complexity index is 1140. The van der Waals surface area contributed by atoms with Crippen LogP contribution in [-0.2, 0) is 0 Å². The largest absolute Gasteiger partial charge is 0.398 e. The van der Waals surface area contributed by atoms with Crippen LogP contribution < -0.4 is 11.5 Å². The van der Waals surface area contributed by atoms with Crippen LogP contribution in [0.3, 0.4) is 0 Å². The van der Waals surface area contributed by atoms with Gasteiger partial charge < -0.3 is 16.9 Å². The van der Waals surface area contributed by atoms with Crippen molar-refractivity contribution in [3.8, 4) is 0 Å². The van der Waals surface area contributed by atoms with Crippen molar-refractivity contribution in [1.82, 2.24) is 9.97 Å². The number of fused-ring (bicyclic) bond motifs is 1. The minimum atomic E-state index is -0.503. The number of hydrogen-bond donors (Lipinski definition) is 3. The summed E-state index contributed by atoms with van der Waals surface area (Å²) in [4.78, 5) is 9.24. The normalized spacial score (nSPS) is 20.1. The quantitative estimate of drug-likeness (QED) is 0.520. The van der Waals surface area contributed by atoms with Gasteiger partial charge in [0.2, 0.25) is 0 Å². The zero-order chi connectivity index (χ0) is 21.3. The molecule has 0 aliphatic heterocycles. The maximum absolute atomic E-state index is 14.3. The van der Waals surface area contributed by atoms with E-state index in [1.807, 2.05) is 18.3 Å². The van der Waals surface area contributed by atoms with Crippen molar-refractivity contribution in [2.24, 2.45) is 11.5 Å². The number of aromatic nitrogens is 2. The van der Waals surface area contributed by atoms with Gasteiger partial charge in [0, 0.05) is 34.6 Å². The van der Waals surface area contributed by atoms with Gasteiger partial charge in [-0.1, -0.05) is 11.6 Å². The van der Waals surface area contributed by atoms with Gasteiger partial charge in [-0.2, -0.15) is 0 Å². The van der Waals surface area contributed by atoms with Crippen LogP contribution in [0.15, 0.2) is 42.6 Å². The van der Waals surface area contributed by atoms with E-state index in [9.17, 15) is 4.39 Å². The first kappa shape index (κ1) is 20.4. The van der Waals surface area contributed by atoms with Crippen molar-refractivity contribution in [3.63, 3.8) is 0 Å². The second-order valence-electron chi connectivity index (χ2n) is 7.71. The Labute approximate surface area is 179 Å². The van der Waals surface area contributed by atoms with E-state index in [1.165, 1.54) is 18.2 Å². The van der Waals surface area contributed by atoms with Gasteiger partial charge in [0.15, 0.2) is 0 Å². The predicted molar refractivity (Wildman–Crippen MR) is 120 cm³/mol. The third-order valence-corrected chi connectivity index (χ3v) is 5.97. The number of pyridine rings is 2. The van der Waals surface area contributed by atoms with Crippen LogP contribution >= 0.6 is 11.6 Å². The third-order valence-electron chi connectivity index (χ3n) is 5.73. The number of rotatable bonds is 4. The number of nitrogens with one attached hydrogen (secondary N) is 1. The highest BCUT2D eigenvalue weighted by Gasteiger charge is 2.21. The molecule has 154 valence electrons. The average molecular weight is 424 g/mol. The summed E-state index contributed by atoms with van der Waals surface area (Å²) < 4.78 is 14.3. The molecule has 0 saturated heterocycles. The molecule has 0 bridgehead atoms. The van der Waals surface area contributed by atoms with Crippen LogP contribution in [0.1, 0.15) is 48.4 Å². The van der Waals surface area contributed by atoms with Crippen molar-refractivity contribution < 1.29 is 4.39 Å². The number of allylic oxidation sites excluding steroid dienone is 1. The van der Waals surface area contributed by atoms with E-state index >= 15 is 0 Å². The molecule has 1 aliphatic rings. The van der Waals surface area contributed by atoms with Crippen molar-refractivity contribution >= 4 is 40.1 Å². The zero-order valence-electron chi connectivity index (χ0n) is 16.4. The molecule has 0 amide bonds. The summed E-state index contributed by atoms with van der Waals surface area (Å²) in [6.07, 6.45) is 7.11. The van der Waals surface area contributed by atoms with E-state index in [-0.39, 0.29) is 17.3 Å². The van der Waals surface area contributed by atoms with Gasteiger partial charge in [0.05, 0.1) is 22.4 Å². The molecule has 0 spiro atoms. The average Bonchev–Trinajstić information content (AvgIpc) is 2.76. The summed E-state index contributed by atoms with van der Waals surface area (Å²) in [7, 11) is 0. The van der Waals surface area contributed by atoms with E-state index in [0.29, 0.717) is 22.2 Å². The Hall–Kier alpha value is -2.83. The van der Waals surface area contributed by atoms with Crippen LogP contribution in [0.4, 0.5) is 4.39 Å². The Kier molecular flexibility index (Phi) is 5.79. The molecular weight excluding hydrogens is 401 g/mol. The topological polar surface area (TPSA) is 102 Å². The molecule has 0 unspecified atom stereocenters. The lowest BCUT2D eigenvalue weighted by molar-refractivity contribution is 0.395. The maximum atomic E-state index is 14.3. The van der Waals surface area contributed by atoms with E-state index in [4.69, 9.17) is 28.5 Å². The smallest absolute Gasteiger partial charge is 0.132 e. The summed E-state index contributed by atoms with van der Waals surface area (Å²) in [5.74, 6) is -0.0768. The molecule has 30 heavy (non-hydrogen) atoms. The Morgan fingerprint density at radius 1 is 1.10 bits per heavy atom. The van der Waals surface area contributed by atoms with Gasteiger partial charge in [-0.25, -0.2) is 9.37 Å². The maximum Gasteiger partial charge on any atom is 0.132 e. The fourth-order valence-corrected chi connectivity index (χ4v) is 4.16. The minimum Gasteiger partial charge on any atom is -0.398 e. The minimum absolute atomic E-state index is 0.113. The molecule has 2 aromatic heterocycles. The van der Waals surface area contributed by atoms with Crippen LogP contribution in [0, 0.1) is 11.2 Å². The molecule has 5 N–H and O–H groups in total. The van der Waals surface area contributed by atoms with Gasteiger partial charge in [-0.3, -0.25) is 4.98 Å². The molecule has 0 radical (unpaired) electrons. The molecule has 7 heteroatoms. The van der Waals surface area contributed by atoms with Gasteiger partial charge in [-0.15, -0.1) is 0 Å². The highest BCUT2D eigenvalue weighted by Crippen LogP contribution is 2.33. The van der Waals surface area contributed by atoms with E-state index in [0.717, 1.165) is 48.5 Å². The number of benzene rings is 1. The van der Waals surface area contributed by atoms with Crippen LogP contribution in [0.25, 0.3) is 22.3 Å².